The maximum Gasteiger partial charge on any atom is 0.472 e. The number of unbranched alkanes of at least 4 members (excludes halogenated alkanes) is 25. The molecule has 0 radical (unpaired) electrons. The van der Waals surface area contributed by atoms with Gasteiger partial charge in [-0.05, 0) is 90.5 Å². The average molecular weight is 1670 g/mol. The first-order valence-electron chi connectivity index (χ1n) is 43.9. The first kappa shape index (κ1) is 106. The Balaban J connectivity index is 1.62. The van der Waals surface area contributed by atoms with E-state index in [2.05, 4.69) is 35.1 Å². The second kappa shape index (κ2) is 68.7. The van der Waals surface area contributed by atoms with Gasteiger partial charge in [0.15, 0.2) is 23.6 Å². The van der Waals surface area contributed by atoms with E-state index in [-0.39, 0.29) is 186 Å². The largest absolute Gasteiger partial charge is 0.481 e. The van der Waals surface area contributed by atoms with Crippen LogP contribution in [-0.4, -0.2) is 238 Å². The molecule has 0 aromatic carbocycles. The number of phosphoric ester groups is 1. The van der Waals surface area contributed by atoms with Crippen molar-refractivity contribution in [1.82, 2.24) is 31.1 Å². The minimum Gasteiger partial charge on any atom is -0.481 e. The maximum atomic E-state index is 14.4. The molecule has 2 aliphatic heterocycles. The second-order valence-electron chi connectivity index (χ2n) is 30.9. The molecular formula is C83H150N9O23P. The number of esters is 2. The van der Waals surface area contributed by atoms with E-state index >= 15 is 0 Å². The summed E-state index contributed by atoms with van der Waals surface area (Å²) in [5.74, 6) is -7.73. The van der Waals surface area contributed by atoms with Crippen LogP contribution < -0.4 is 32.7 Å². The van der Waals surface area contributed by atoms with Gasteiger partial charge in [0.25, 0.3) is 0 Å². The molecule has 32 nitrogen and oxygen atoms in total. The molecule has 2 aliphatic rings. The molecule has 670 valence electrons. The molecular weight excluding hydrogens is 1520 g/mol. The standard InChI is InChI=1S/C83H150N9O23P/c1-4-6-8-10-12-14-16-18-20-22-24-26-28-44-77(100)112-61-69(115-78(101)45-29-27-25-23-21-19-17-15-13-11-9-7-5-2)62-114-116(106,107)113-52-36-40-68(94)39-32-43-74(97)87-48-53-108-55-57-110-63-75(98)88-49-54-109-56-58-111-64-76(99)90-79(65(3)93)73(96)59-66(37-30-31-46-84)80(102)92-51-35-42-71(92)81(103)91-50-34-41-70(91)72(95)60-67(82(104)105)38-33-47-89-83(85)86/h65-67,69-71,79,93H,4-64,84H2,1-3H3,(H,87,97)(H,88,98)(H,90,99)(H,104,105)(H,106,107)(H4,85,86,89). The number of carbonyl (C=O) groups excluding carboxylic acids is 10. The van der Waals surface area contributed by atoms with Crippen molar-refractivity contribution in [3.8, 4) is 0 Å². The van der Waals surface area contributed by atoms with Crippen molar-refractivity contribution in [2.75, 3.05) is 112 Å². The number of rotatable bonds is 78. The summed E-state index contributed by atoms with van der Waals surface area (Å²) < 4.78 is 56.0. The first-order chi connectivity index (χ1) is 55.9. The Hall–Kier alpha value is -6.09. The summed E-state index contributed by atoms with van der Waals surface area (Å²) in [4.78, 5) is 157. The second-order valence-corrected chi connectivity index (χ2v) is 32.4. The van der Waals surface area contributed by atoms with E-state index in [1.165, 1.54) is 132 Å². The molecule has 8 unspecified atom stereocenters. The van der Waals surface area contributed by atoms with Crippen LogP contribution in [0.1, 0.15) is 303 Å². The number of hydrogen-bond donors (Lipinski definition) is 10. The normalized spacial score (nSPS) is 15.9. The maximum absolute atomic E-state index is 14.4. The Morgan fingerprint density at radius 3 is 1.55 bits per heavy atom. The lowest BCUT2D eigenvalue weighted by Gasteiger charge is -2.33. The number of ketones is 3. The van der Waals surface area contributed by atoms with Gasteiger partial charge >= 0.3 is 25.7 Å². The number of likely N-dealkylation sites (tertiary alicyclic amines) is 2. The Morgan fingerprint density at radius 1 is 0.509 bits per heavy atom. The fraction of sp³-hybridized carbons (Fsp3) is 0.855. The van der Waals surface area contributed by atoms with Gasteiger partial charge in [-0.2, -0.15) is 0 Å². The number of aliphatic carboxylic acids is 1. The smallest absolute Gasteiger partial charge is 0.472 e. The van der Waals surface area contributed by atoms with Gasteiger partial charge in [0.2, 0.25) is 29.5 Å². The molecule has 0 saturated carbocycles. The fourth-order valence-corrected chi connectivity index (χ4v) is 14.9. The highest BCUT2D eigenvalue weighted by atomic mass is 31.2. The molecule has 0 aromatic rings. The summed E-state index contributed by atoms with van der Waals surface area (Å²) in [5.41, 5.74) is 11.1. The molecule has 2 fully saturated rings. The van der Waals surface area contributed by atoms with Crippen LogP contribution in [0.4, 0.5) is 0 Å². The van der Waals surface area contributed by atoms with E-state index < -0.39 is 111 Å². The predicted octanol–water partition coefficient (Wildman–Crippen LogP) is 9.83. The molecule has 8 atom stereocenters. The lowest BCUT2D eigenvalue weighted by Crippen LogP contribution is -2.53. The number of carboxylic acids is 1. The van der Waals surface area contributed by atoms with Crippen LogP contribution in [0.5, 0.6) is 0 Å². The molecule has 2 saturated heterocycles. The Kier molecular flexibility index (Phi) is 62.7. The SMILES string of the molecule is CCCCCCCCCCCCCCCC(=O)OCC(COP(=O)(O)OCCCC(=O)CCCC(=O)NCCOCCOCC(=O)NCCOCCOCC(=O)NC(C(=O)CC(CCCCN)C(=O)N1CCCC1C(=O)N1CCCC1C(=O)CC(CCCNC(=N)N)C(=O)O)C(C)O)OC(=O)CCCCCCCCCCCCCCC. The first-order valence-corrected chi connectivity index (χ1v) is 45.4. The van der Waals surface area contributed by atoms with Crippen LogP contribution in [0.25, 0.3) is 0 Å². The molecule has 33 heteroatoms. The number of hydrogen-bond acceptors (Lipinski definition) is 23. The molecule has 116 heavy (non-hydrogen) atoms. The Bertz CT molecular complexity index is 2810. The fourth-order valence-electron chi connectivity index (χ4n) is 14.1. The number of carbonyl (C=O) groups is 11. The highest BCUT2D eigenvalue weighted by Crippen LogP contribution is 2.43. The summed E-state index contributed by atoms with van der Waals surface area (Å²) in [5, 5.41) is 38.3. The minimum atomic E-state index is -4.66. The van der Waals surface area contributed by atoms with E-state index in [0.717, 1.165) is 38.5 Å². The van der Waals surface area contributed by atoms with Gasteiger partial charge in [-0.15, -0.1) is 0 Å². The molecule has 0 aromatic heterocycles. The van der Waals surface area contributed by atoms with E-state index in [4.69, 9.17) is 54.3 Å². The topological polar surface area (TPSA) is 470 Å². The summed E-state index contributed by atoms with van der Waals surface area (Å²) in [7, 11) is -4.66. The third-order valence-electron chi connectivity index (χ3n) is 20.7. The monoisotopic (exact) mass is 1670 g/mol. The zero-order valence-corrected chi connectivity index (χ0v) is 71.6. The Labute approximate surface area is 690 Å². The van der Waals surface area contributed by atoms with Crippen molar-refractivity contribution in [1.29, 1.82) is 5.41 Å². The number of nitrogens with one attached hydrogen (secondary N) is 5. The average Bonchev–Trinajstić information content (AvgIpc) is 1.69. The number of aliphatic hydroxyl groups is 1. The summed E-state index contributed by atoms with van der Waals surface area (Å²) in [6.07, 6.45) is 31.6. The van der Waals surface area contributed by atoms with E-state index in [0.29, 0.717) is 64.3 Å². The lowest BCUT2D eigenvalue weighted by molar-refractivity contribution is -0.161. The molecule has 0 spiro atoms. The van der Waals surface area contributed by atoms with Crippen LogP contribution in [-0.2, 0) is 94.8 Å². The van der Waals surface area contributed by atoms with Gasteiger partial charge in [0.05, 0.1) is 70.9 Å². The van der Waals surface area contributed by atoms with Crippen molar-refractivity contribution >= 4 is 78.6 Å². The molecule has 0 bridgehead atoms. The number of nitrogens with zero attached hydrogens (tertiary/aromatic N) is 2. The number of nitrogens with two attached hydrogens (primary N) is 2. The van der Waals surface area contributed by atoms with Crippen LogP contribution in [0.2, 0.25) is 0 Å². The zero-order valence-electron chi connectivity index (χ0n) is 70.7. The molecule has 2 rings (SSSR count). The number of phosphoric acid groups is 1. The van der Waals surface area contributed by atoms with Gasteiger partial charge < -0.3 is 86.1 Å². The van der Waals surface area contributed by atoms with Gasteiger partial charge in [0, 0.05) is 83.6 Å². The third-order valence-corrected chi connectivity index (χ3v) is 21.7. The van der Waals surface area contributed by atoms with Crippen LogP contribution in [0, 0.1) is 17.2 Å². The number of aliphatic hydroxyl groups excluding tert-OH is 1. The van der Waals surface area contributed by atoms with Crippen LogP contribution >= 0.6 is 7.82 Å². The zero-order chi connectivity index (χ0) is 85.2. The van der Waals surface area contributed by atoms with E-state index in [9.17, 15) is 72.4 Å². The van der Waals surface area contributed by atoms with Crippen molar-refractivity contribution in [3.63, 3.8) is 0 Å². The highest BCUT2D eigenvalue weighted by Gasteiger charge is 2.44. The highest BCUT2D eigenvalue weighted by molar-refractivity contribution is 7.47. The molecule has 2 heterocycles. The van der Waals surface area contributed by atoms with Gasteiger partial charge in [-0.1, -0.05) is 174 Å². The van der Waals surface area contributed by atoms with Crippen molar-refractivity contribution in [2.24, 2.45) is 23.3 Å². The van der Waals surface area contributed by atoms with E-state index in [1.54, 1.807) is 0 Å². The number of amides is 5. The van der Waals surface area contributed by atoms with Gasteiger partial charge in [-0.25, -0.2) is 4.57 Å². The predicted molar refractivity (Wildman–Crippen MR) is 440 cm³/mol. The van der Waals surface area contributed by atoms with Crippen molar-refractivity contribution in [2.45, 2.75) is 334 Å². The van der Waals surface area contributed by atoms with Crippen molar-refractivity contribution < 1.29 is 110 Å². The third kappa shape index (κ3) is 54.2. The number of ether oxygens (including phenoxy) is 6. The number of Topliss-reactive ketones (excluding diaryl/α,β-unsaturated/α-hetero) is 3. The lowest BCUT2D eigenvalue weighted by atomic mass is 9.90. The van der Waals surface area contributed by atoms with Gasteiger partial charge in [-0.3, -0.25) is 67.2 Å². The minimum absolute atomic E-state index is 0.0300. The molecule has 12 N–H and O–H groups in total. The van der Waals surface area contributed by atoms with E-state index in [1.807, 2.05) is 0 Å². The quantitative estimate of drug-likeness (QED) is 0.00889. The number of guanidine groups is 1. The summed E-state index contributed by atoms with van der Waals surface area (Å²) >= 11 is 0. The van der Waals surface area contributed by atoms with Crippen LogP contribution in [0.3, 0.4) is 0 Å². The summed E-state index contributed by atoms with van der Waals surface area (Å²) in [6, 6.07) is -3.16. The molecule has 0 aliphatic carbocycles. The number of carboxylic acid groups (broad SMARTS) is 1. The Morgan fingerprint density at radius 2 is 1.01 bits per heavy atom. The van der Waals surface area contributed by atoms with Gasteiger partial charge in [0.1, 0.15) is 37.7 Å². The summed E-state index contributed by atoms with van der Waals surface area (Å²) in [6.45, 7) is 5.82. The molecule has 5 amide bonds. The van der Waals surface area contributed by atoms with Crippen molar-refractivity contribution in [3.05, 3.63) is 0 Å². The van der Waals surface area contributed by atoms with Crippen LogP contribution in [0.15, 0.2) is 0 Å².